The maximum absolute atomic E-state index is 12.7. The van der Waals surface area contributed by atoms with Gasteiger partial charge in [-0.15, -0.1) is 0 Å². The first-order valence-corrected chi connectivity index (χ1v) is 11.0. The first-order valence-electron chi connectivity index (χ1n) is 10.2. The summed E-state index contributed by atoms with van der Waals surface area (Å²) in [6.45, 7) is 0. The molecule has 0 fully saturated rings. The number of aryl methyl sites for hydroxylation is 2. The van der Waals surface area contributed by atoms with Gasteiger partial charge in [-0.25, -0.2) is 0 Å². The van der Waals surface area contributed by atoms with Crippen LogP contribution in [0.2, 0.25) is 0 Å². The Labute approximate surface area is 191 Å². The van der Waals surface area contributed by atoms with E-state index in [-0.39, 0.29) is 17.4 Å². The molecule has 0 aliphatic carbocycles. The number of benzene rings is 3. The summed E-state index contributed by atoms with van der Waals surface area (Å²) < 4.78 is 13.6. The lowest BCUT2D eigenvalue weighted by molar-refractivity contribution is -0.113. The molecule has 6 nitrogen and oxygen atoms in total. The number of methoxy groups -OCH3 is 2. The fourth-order valence-electron chi connectivity index (χ4n) is 3.47. The van der Waals surface area contributed by atoms with Gasteiger partial charge in [0, 0.05) is 16.1 Å². The second-order valence-electron chi connectivity index (χ2n) is 7.26. The highest BCUT2D eigenvalue weighted by Gasteiger charge is 2.23. The van der Waals surface area contributed by atoms with E-state index in [9.17, 15) is 9.90 Å². The zero-order chi connectivity index (χ0) is 22.5. The number of aliphatic hydroxyl groups is 1. The van der Waals surface area contributed by atoms with Crippen LogP contribution < -0.4 is 19.5 Å². The van der Waals surface area contributed by atoms with Crippen molar-refractivity contribution in [1.82, 2.24) is 4.72 Å². The number of anilines is 1. The second kappa shape index (κ2) is 9.70. The minimum Gasteiger partial charge on any atom is -0.505 e. The molecule has 0 saturated carbocycles. The van der Waals surface area contributed by atoms with E-state index < -0.39 is 0 Å². The van der Waals surface area contributed by atoms with Gasteiger partial charge in [0.2, 0.25) is 0 Å². The van der Waals surface area contributed by atoms with Crippen LogP contribution in [0.25, 0.3) is 5.76 Å². The summed E-state index contributed by atoms with van der Waals surface area (Å²) in [5, 5.41) is 13.3. The van der Waals surface area contributed by atoms with Crippen molar-refractivity contribution < 1.29 is 19.4 Å². The Morgan fingerprint density at radius 3 is 2.38 bits per heavy atom. The number of nitrogens with one attached hydrogen (secondary N) is 2. The first kappa shape index (κ1) is 21.6. The molecule has 3 N–H and O–H groups in total. The van der Waals surface area contributed by atoms with Gasteiger partial charge in [-0.05, 0) is 72.3 Å². The largest absolute Gasteiger partial charge is 0.505 e. The van der Waals surface area contributed by atoms with Crippen molar-refractivity contribution in [3.8, 4) is 11.5 Å². The predicted molar refractivity (Wildman–Crippen MR) is 127 cm³/mol. The molecule has 1 heterocycles. The summed E-state index contributed by atoms with van der Waals surface area (Å²) in [6.07, 6.45) is 1.71. The van der Waals surface area contributed by atoms with Gasteiger partial charge in [-0.2, -0.15) is 0 Å². The maximum atomic E-state index is 12.7. The van der Waals surface area contributed by atoms with E-state index in [2.05, 4.69) is 10.0 Å². The minimum absolute atomic E-state index is 0.0524. The molecule has 3 aromatic rings. The number of fused-ring (bicyclic) bond motifs is 1. The third-order valence-corrected chi connectivity index (χ3v) is 6.11. The van der Waals surface area contributed by atoms with Crippen LogP contribution in [0.15, 0.2) is 77.3 Å². The van der Waals surface area contributed by atoms with Crippen molar-refractivity contribution in [3.63, 3.8) is 0 Å². The molecule has 4 rings (SSSR count). The Hall–Kier alpha value is -3.58. The second-order valence-corrected chi connectivity index (χ2v) is 8.11. The van der Waals surface area contributed by atoms with Gasteiger partial charge >= 0.3 is 0 Å². The number of hydrogen-bond donors (Lipinski definition) is 3. The molecule has 0 atom stereocenters. The molecule has 0 unspecified atom stereocenters. The third kappa shape index (κ3) is 4.68. The number of hydrogen-bond acceptors (Lipinski definition) is 6. The van der Waals surface area contributed by atoms with Gasteiger partial charge in [-0.3, -0.25) is 4.79 Å². The quantitative estimate of drug-likeness (QED) is 0.443. The highest BCUT2D eigenvalue weighted by atomic mass is 32.2. The molecule has 0 aromatic heterocycles. The molecule has 1 amide bonds. The topological polar surface area (TPSA) is 79.8 Å². The Morgan fingerprint density at radius 1 is 0.938 bits per heavy atom. The number of amides is 1. The fraction of sp³-hybridized carbons (Fsp3) is 0.160. The number of rotatable bonds is 7. The van der Waals surface area contributed by atoms with Crippen molar-refractivity contribution in [1.29, 1.82) is 0 Å². The van der Waals surface area contributed by atoms with E-state index in [0.717, 1.165) is 34.6 Å². The third-order valence-electron chi connectivity index (χ3n) is 5.23. The van der Waals surface area contributed by atoms with Crippen molar-refractivity contribution in [3.05, 3.63) is 89.1 Å². The summed E-state index contributed by atoms with van der Waals surface area (Å²) in [5.74, 6) is 0.996. The summed E-state index contributed by atoms with van der Waals surface area (Å²) in [4.78, 5) is 13.5. The van der Waals surface area contributed by atoms with E-state index in [4.69, 9.17) is 9.47 Å². The summed E-state index contributed by atoms with van der Waals surface area (Å²) in [7, 11) is 3.25. The van der Waals surface area contributed by atoms with Crippen LogP contribution in [-0.2, 0) is 17.6 Å². The van der Waals surface area contributed by atoms with Gasteiger partial charge in [0.1, 0.15) is 0 Å². The van der Waals surface area contributed by atoms with Gasteiger partial charge in [0.05, 0.1) is 14.2 Å². The molecule has 3 aromatic carbocycles. The molecule has 32 heavy (non-hydrogen) atoms. The molecule has 0 bridgehead atoms. The van der Waals surface area contributed by atoms with Crippen LogP contribution in [0, 0.1) is 0 Å². The van der Waals surface area contributed by atoms with E-state index in [0.29, 0.717) is 17.0 Å². The molecule has 164 valence electrons. The first-order chi connectivity index (χ1) is 15.6. The zero-order valence-corrected chi connectivity index (χ0v) is 18.7. The van der Waals surface area contributed by atoms with Crippen LogP contribution in [-0.4, -0.2) is 25.2 Å². The fourth-order valence-corrected chi connectivity index (χ4v) is 4.29. The van der Waals surface area contributed by atoms with Crippen molar-refractivity contribution in [2.24, 2.45) is 0 Å². The lowest BCUT2D eigenvalue weighted by Crippen LogP contribution is -2.25. The van der Waals surface area contributed by atoms with E-state index >= 15 is 0 Å². The zero-order valence-electron chi connectivity index (χ0n) is 17.8. The van der Waals surface area contributed by atoms with Crippen LogP contribution in [0.5, 0.6) is 11.5 Å². The molecule has 1 aliphatic heterocycles. The van der Waals surface area contributed by atoms with Gasteiger partial charge < -0.3 is 24.6 Å². The molecule has 0 radical (unpaired) electrons. The van der Waals surface area contributed by atoms with Crippen LogP contribution >= 0.6 is 11.9 Å². The summed E-state index contributed by atoms with van der Waals surface area (Å²) >= 11 is 1.31. The average molecular weight is 449 g/mol. The van der Waals surface area contributed by atoms with Crippen LogP contribution in [0.1, 0.15) is 16.7 Å². The number of carbonyl (C=O) groups is 1. The number of aliphatic hydroxyl groups excluding tert-OH is 1. The lowest BCUT2D eigenvalue weighted by atomic mass is 10.0. The molecular weight excluding hydrogens is 424 g/mol. The molecule has 0 spiro atoms. The monoisotopic (exact) mass is 448 g/mol. The maximum Gasteiger partial charge on any atom is 0.276 e. The van der Waals surface area contributed by atoms with Crippen molar-refractivity contribution >= 4 is 29.3 Å². The summed E-state index contributed by atoms with van der Waals surface area (Å²) in [6, 6.07) is 21.0. The summed E-state index contributed by atoms with van der Waals surface area (Å²) in [5.41, 5.74) is 3.76. The molecular formula is C25H24N2O4S. The number of carbonyl (C=O) groups excluding carboxylic acids is 1. The predicted octanol–water partition coefficient (Wildman–Crippen LogP) is 4.96. The van der Waals surface area contributed by atoms with Gasteiger partial charge in [0.25, 0.3) is 5.91 Å². The highest BCUT2D eigenvalue weighted by molar-refractivity contribution is 7.97. The Kier molecular flexibility index (Phi) is 6.56. The smallest absolute Gasteiger partial charge is 0.276 e. The standard InChI is InChI=1S/C25H24N2O4S/c1-30-20-14-11-17(15-21(20)31-2)8-7-16-9-12-18(13-10-16)26-25(29)23-24(28)19-5-3-4-6-22(19)32-27-23/h3-6,9-15,27-28H,7-8H2,1-2H3,(H,26,29). The van der Waals surface area contributed by atoms with Gasteiger partial charge in [-0.1, -0.05) is 30.3 Å². The molecule has 1 aliphatic rings. The highest BCUT2D eigenvalue weighted by Crippen LogP contribution is 2.32. The van der Waals surface area contributed by atoms with Crippen LogP contribution in [0.4, 0.5) is 5.69 Å². The molecule has 0 saturated heterocycles. The van der Waals surface area contributed by atoms with Gasteiger partial charge in [0.15, 0.2) is 23.0 Å². The minimum atomic E-state index is -0.386. The van der Waals surface area contributed by atoms with Crippen LogP contribution in [0.3, 0.4) is 0 Å². The van der Waals surface area contributed by atoms with Crippen molar-refractivity contribution in [2.75, 3.05) is 19.5 Å². The normalized spacial score (nSPS) is 12.6. The Bertz CT molecular complexity index is 1160. The lowest BCUT2D eigenvalue weighted by Gasteiger charge is -2.19. The Morgan fingerprint density at radius 2 is 1.62 bits per heavy atom. The average Bonchev–Trinajstić information content (AvgIpc) is 2.83. The Balaban J connectivity index is 1.39. The van der Waals surface area contributed by atoms with E-state index in [1.54, 1.807) is 20.3 Å². The molecule has 7 heteroatoms. The van der Waals surface area contributed by atoms with E-state index in [1.165, 1.54) is 11.9 Å². The SMILES string of the molecule is COc1ccc(CCc2ccc(NC(=O)C3=C(O)c4ccccc4SN3)cc2)cc1OC. The number of ether oxygens (including phenoxy) is 2. The van der Waals surface area contributed by atoms with Crippen molar-refractivity contribution in [2.45, 2.75) is 17.7 Å². The van der Waals surface area contributed by atoms with E-state index in [1.807, 2.05) is 60.7 Å².